The van der Waals surface area contributed by atoms with E-state index in [1.807, 2.05) is 19.1 Å². The van der Waals surface area contributed by atoms with E-state index in [0.717, 1.165) is 5.56 Å². The molecule has 5 heteroatoms. The van der Waals surface area contributed by atoms with Crippen LogP contribution in [0.1, 0.15) is 12.5 Å². The maximum atomic E-state index is 12.3. The van der Waals surface area contributed by atoms with Crippen LogP contribution in [-0.4, -0.2) is 15.8 Å². The average molecular weight is 276 g/mol. The molecule has 0 spiro atoms. The van der Waals surface area contributed by atoms with Gasteiger partial charge in [-0.05, 0) is 36.8 Å². The average Bonchev–Trinajstić information content (AvgIpc) is 2.42. The van der Waals surface area contributed by atoms with Crippen LogP contribution in [0.25, 0.3) is 0 Å². The van der Waals surface area contributed by atoms with Gasteiger partial charge in [0, 0.05) is 18.1 Å². The van der Waals surface area contributed by atoms with E-state index in [0.29, 0.717) is 28.7 Å². The van der Waals surface area contributed by atoms with Crippen LogP contribution in [0.4, 0.5) is 5.69 Å². The summed E-state index contributed by atoms with van der Waals surface area (Å²) in [6.07, 6.45) is 3.40. The van der Waals surface area contributed by atoms with Gasteiger partial charge in [0.1, 0.15) is 5.75 Å². The first-order valence-corrected chi connectivity index (χ1v) is 7.32. The van der Waals surface area contributed by atoms with Crippen molar-refractivity contribution in [2.45, 2.75) is 17.6 Å². The number of hydrogen-bond donors (Lipinski definition) is 1. The van der Waals surface area contributed by atoms with Gasteiger partial charge >= 0.3 is 0 Å². The van der Waals surface area contributed by atoms with Crippen LogP contribution in [0.5, 0.6) is 5.75 Å². The number of ether oxygens (including phenoxy) is 1. The Bertz CT molecular complexity index is 573. The zero-order chi connectivity index (χ0) is 13.7. The number of anilines is 1. The Labute approximate surface area is 115 Å². The maximum Gasteiger partial charge on any atom is 0.120 e. The van der Waals surface area contributed by atoms with Crippen LogP contribution in [0, 0.1) is 0 Å². The van der Waals surface area contributed by atoms with Crippen LogP contribution in [0.2, 0.25) is 0 Å². The van der Waals surface area contributed by atoms with E-state index in [1.54, 1.807) is 30.6 Å². The lowest BCUT2D eigenvalue weighted by Gasteiger charge is -2.09. The van der Waals surface area contributed by atoms with Gasteiger partial charge in [0.05, 0.1) is 28.1 Å². The molecule has 0 aliphatic carbocycles. The van der Waals surface area contributed by atoms with Gasteiger partial charge in [-0.2, -0.15) is 0 Å². The van der Waals surface area contributed by atoms with Gasteiger partial charge in [0.15, 0.2) is 0 Å². The molecular weight excluding hydrogens is 260 g/mol. The second kappa shape index (κ2) is 6.33. The first-order chi connectivity index (χ1) is 9.20. The van der Waals surface area contributed by atoms with E-state index in [2.05, 4.69) is 4.98 Å². The van der Waals surface area contributed by atoms with E-state index in [1.165, 1.54) is 0 Å². The van der Waals surface area contributed by atoms with E-state index in [9.17, 15) is 4.21 Å². The van der Waals surface area contributed by atoms with E-state index < -0.39 is 10.8 Å². The second-order valence-corrected chi connectivity index (χ2v) is 5.40. The monoisotopic (exact) mass is 276 g/mol. The first kappa shape index (κ1) is 13.5. The number of nitrogens with zero attached hydrogens (tertiary/aromatic N) is 1. The van der Waals surface area contributed by atoms with Crippen molar-refractivity contribution in [3.05, 3.63) is 48.3 Å². The van der Waals surface area contributed by atoms with Gasteiger partial charge in [-0.3, -0.25) is 9.19 Å². The molecule has 2 rings (SSSR count). The number of hydrogen-bond acceptors (Lipinski definition) is 4. The largest absolute Gasteiger partial charge is 0.494 e. The first-order valence-electron chi connectivity index (χ1n) is 6.00. The smallest absolute Gasteiger partial charge is 0.120 e. The molecule has 0 radical (unpaired) electrons. The quantitative estimate of drug-likeness (QED) is 0.851. The van der Waals surface area contributed by atoms with Gasteiger partial charge < -0.3 is 10.5 Å². The minimum atomic E-state index is -1.20. The van der Waals surface area contributed by atoms with E-state index >= 15 is 0 Å². The third-order valence-corrected chi connectivity index (χ3v) is 4.00. The highest BCUT2D eigenvalue weighted by Crippen LogP contribution is 2.24. The molecule has 0 amide bonds. The molecule has 1 atom stereocenters. The Morgan fingerprint density at radius 2 is 2.21 bits per heavy atom. The third-order valence-electron chi connectivity index (χ3n) is 2.56. The lowest BCUT2D eigenvalue weighted by Crippen LogP contribution is -2.02. The van der Waals surface area contributed by atoms with Crippen molar-refractivity contribution >= 4 is 16.5 Å². The van der Waals surface area contributed by atoms with Crippen molar-refractivity contribution in [2.24, 2.45) is 0 Å². The minimum absolute atomic E-state index is 0.396. The summed E-state index contributed by atoms with van der Waals surface area (Å²) in [5.74, 6) is 1.08. The lowest BCUT2D eigenvalue weighted by molar-refractivity contribution is 0.339. The molecule has 19 heavy (non-hydrogen) atoms. The lowest BCUT2D eigenvalue weighted by atomic mass is 10.3. The molecule has 100 valence electrons. The summed E-state index contributed by atoms with van der Waals surface area (Å²) >= 11 is 0. The molecule has 0 aliphatic heterocycles. The normalized spacial score (nSPS) is 12.1. The number of aromatic nitrogens is 1. The fraction of sp³-hybridized carbons (Fsp3) is 0.214. The summed E-state index contributed by atoms with van der Waals surface area (Å²) in [5, 5.41) is 0. The zero-order valence-electron chi connectivity index (χ0n) is 10.7. The van der Waals surface area contributed by atoms with Gasteiger partial charge in [-0.1, -0.05) is 6.07 Å². The standard InChI is InChI=1S/C14H16N2O2S/c1-2-18-12-5-6-13(15)14(8-12)19(17)10-11-4-3-7-16-9-11/h3-9H,2,10,15H2,1H3. The predicted molar refractivity (Wildman–Crippen MR) is 76.4 cm³/mol. The summed E-state index contributed by atoms with van der Waals surface area (Å²) in [7, 11) is -1.20. The SMILES string of the molecule is CCOc1ccc(N)c(S(=O)Cc2cccnc2)c1. The molecule has 0 saturated carbocycles. The summed E-state index contributed by atoms with van der Waals surface area (Å²) in [5.41, 5.74) is 7.31. The minimum Gasteiger partial charge on any atom is -0.494 e. The molecule has 1 aromatic carbocycles. The van der Waals surface area contributed by atoms with E-state index in [-0.39, 0.29) is 0 Å². The van der Waals surface area contributed by atoms with Crippen LogP contribution >= 0.6 is 0 Å². The summed E-state index contributed by atoms with van der Waals surface area (Å²) in [6.45, 7) is 2.47. The Balaban J connectivity index is 2.21. The van der Waals surface area contributed by atoms with Gasteiger partial charge in [-0.15, -0.1) is 0 Å². The van der Waals surface area contributed by atoms with Crippen molar-refractivity contribution in [2.75, 3.05) is 12.3 Å². The fourth-order valence-electron chi connectivity index (χ4n) is 1.68. The third kappa shape index (κ3) is 3.54. The summed E-state index contributed by atoms with van der Waals surface area (Å²) in [6, 6.07) is 8.97. The molecule has 1 aromatic heterocycles. The van der Waals surface area contributed by atoms with E-state index in [4.69, 9.17) is 10.5 Å². The van der Waals surface area contributed by atoms with Crippen LogP contribution in [0.3, 0.4) is 0 Å². The Hall–Kier alpha value is -1.88. The number of rotatable bonds is 5. The number of pyridine rings is 1. The van der Waals surface area contributed by atoms with Crippen LogP contribution in [0.15, 0.2) is 47.6 Å². The van der Waals surface area contributed by atoms with Crippen molar-refractivity contribution in [3.8, 4) is 5.75 Å². The molecule has 0 saturated heterocycles. The van der Waals surface area contributed by atoms with Crippen molar-refractivity contribution in [3.63, 3.8) is 0 Å². The Morgan fingerprint density at radius 1 is 1.37 bits per heavy atom. The molecular formula is C14H16N2O2S. The topological polar surface area (TPSA) is 65.2 Å². The van der Waals surface area contributed by atoms with Gasteiger partial charge in [0.2, 0.25) is 0 Å². The molecule has 0 aliphatic rings. The van der Waals surface area contributed by atoms with Crippen molar-refractivity contribution in [1.82, 2.24) is 4.98 Å². The Morgan fingerprint density at radius 3 is 2.89 bits per heavy atom. The highest BCUT2D eigenvalue weighted by Gasteiger charge is 2.10. The molecule has 4 nitrogen and oxygen atoms in total. The summed E-state index contributed by atoms with van der Waals surface area (Å²) in [4.78, 5) is 4.62. The highest BCUT2D eigenvalue weighted by atomic mass is 32.2. The molecule has 1 heterocycles. The van der Waals surface area contributed by atoms with Gasteiger partial charge in [-0.25, -0.2) is 0 Å². The zero-order valence-corrected chi connectivity index (χ0v) is 11.5. The Kier molecular flexibility index (Phi) is 4.52. The predicted octanol–water partition coefficient (Wildman–Crippen LogP) is 2.37. The molecule has 2 N–H and O–H groups in total. The number of nitrogens with two attached hydrogens (primary N) is 1. The molecule has 0 bridgehead atoms. The molecule has 1 unspecified atom stereocenters. The molecule has 2 aromatic rings. The second-order valence-electron chi connectivity index (χ2n) is 3.98. The molecule has 0 fully saturated rings. The summed E-state index contributed by atoms with van der Waals surface area (Å²) < 4.78 is 17.7. The number of benzene rings is 1. The highest BCUT2D eigenvalue weighted by molar-refractivity contribution is 7.84. The van der Waals surface area contributed by atoms with Crippen LogP contribution < -0.4 is 10.5 Å². The van der Waals surface area contributed by atoms with Crippen LogP contribution in [-0.2, 0) is 16.6 Å². The maximum absolute atomic E-state index is 12.3. The van der Waals surface area contributed by atoms with Gasteiger partial charge in [0.25, 0.3) is 0 Å². The van der Waals surface area contributed by atoms with Crippen molar-refractivity contribution < 1.29 is 8.95 Å². The fourth-order valence-corrected chi connectivity index (χ4v) is 2.89. The number of nitrogen functional groups attached to an aromatic ring is 1. The van der Waals surface area contributed by atoms with Crippen molar-refractivity contribution in [1.29, 1.82) is 0 Å².